The van der Waals surface area contributed by atoms with Gasteiger partial charge in [-0.1, -0.05) is 32.1 Å². The Kier molecular flexibility index (Phi) is 5.19. The normalized spacial score (nSPS) is 19.1. The first kappa shape index (κ1) is 14.0. The van der Waals surface area contributed by atoms with Gasteiger partial charge in [-0.3, -0.25) is 0 Å². The number of aromatic nitrogens is 1. The Balaban J connectivity index is 1.72. The zero-order valence-corrected chi connectivity index (χ0v) is 12.6. The molecule has 0 saturated heterocycles. The Bertz CT molecular complexity index is 347. The molecule has 3 heteroatoms. The smallest absolute Gasteiger partial charge is 0.0946 e. The highest BCUT2D eigenvalue weighted by atomic mass is 32.1. The van der Waals surface area contributed by atoms with E-state index in [1.807, 2.05) is 11.3 Å². The van der Waals surface area contributed by atoms with E-state index in [-0.39, 0.29) is 0 Å². The first-order valence-electron chi connectivity index (χ1n) is 7.33. The van der Waals surface area contributed by atoms with E-state index in [1.54, 1.807) is 0 Å². The second-order valence-corrected chi connectivity index (χ2v) is 7.08. The van der Waals surface area contributed by atoms with E-state index >= 15 is 0 Å². The summed E-state index contributed by atoms with van der Waals surface area (Å²) < 4.78 is 0. The van der Waals surface area contributed by atoms with Crippen LogP contribution in [0.4, 0.5) is 0 Å². The van der Waals surface area contributed by atoms with E-state index in [9.17, 15) is 0 Å². The summed E-state index contributed by atoms with van der Waals surface area (Å²) in [6, 6.07) is 0.303. The van der Waals surface area contributed by atoms with E-state index in [0.717, 1.165) is 12.3 Å². The molecule has 1 aromatic rings. The maximum Gasteiger partial charge on any atom is 0.0946 e. The summed E-state index contributed by atoms with van der Waals surface area (Å²) in [7, 11) is 0. The first-order valence-corrected chi connectivity index (χ1v) is 8.15. The van der Waals surface area contributed by atoms with Crippen LogP contribution < -0.4 is 5.73 Å². The molecule has 0 spiro atoms. The first-order chi connectivity index (χ1) is 8.65. The van der Waals surface area contributed by atoms with Gasteiger partial charge in [-0.15, -0.1) is 11.3 Å². The van der Waals surface area contributed by atoms with E-state index in [2.05, 4.69) is 18.8 Å². The largest absolute Gasteiger partial charge is 0.327 e. The van der Waals surface area contributed by atoms with Crippen LogP contribution in [0.25, 0.3) is 0 Å². The Morgan fingerprint density at radius 2 is 2.00 bits per heavy atom. The molecule has 1 saturated carbocycles. The van der Waals surface area contributed by atoms with Gasteiger partial charge >= 0.3 is 0 Å². The molecule has 2 rings (SSSR count). The molecule has 0 amide bonds. The second-order valence-electron chi connectivity index (χ2n) is 5.79. The summed E-state index contributed by atoms with van der Waals surface area (Å²) in [5.74, 6) is 0.949. The van der Waals surface area contributed by atoms with Gasteiger partial charge < -0.3 is 5.73 Å². The molecular weight excluding hydrogens is 240 g/mol. The van der Waals surface area contributed by atoms with Gasteiger partial charge in [-0.2, -0.15) is 0 Å². The standard InChI is InChI=1S/C15H26N2S/c1-11-12(2)18-15(17-11)10-14(16)9-8-13-6-4-3-5-7-13/h13-14H,3-10,16H2,1-2H3. The SMILES string of the molecule is Cc1nc(CC(N)CCC2CCCCC2)sc1C. The average molecular weight is 266 g/mol. The number of hydrogen-bond acceptors (Lipinski definition) is 3. The van der Waals surface area contributed by atoms with Crippen molar-refractivity contribution in [3.05, 3.63) is 15.6 Å². The molecule has 0 aromatic carbocycles. The topological polar surface area (TPSA) is 38.9 Å². The lowest BCUT2D eigenvalue weighted by Gasteiger charge is -2.22. The molecule has 1 fully saturated rings. The van der Waals surface area contributed by atoms with Crippen molar-refractivity contribution in [1.82, 2.24) is 4.98 Å². The molecule has 1 aliphatic rings. The van der Waals surface area contributed by atoms with E-state index in [0.29, 0.717) is 6.04 Å². The number of nitrogens with zero attached hydrogens (tertiary/aromatic N) is 1. The van der Waals surface area contributed by atoms with Crippen LogP contribution in [0.3, 0.4) is 0 Å². The zero-order chi connectivity index (χ0) is 13.0. The van der Waals surface area contributed by atoms with Gasteiger partial charge in [0.2, 0.25) is 0 Å². The minimum atomic E-state index is 0.303. The summed E-state index contributed by atoms with van der Waals surface area (Å²) in [5.41, 5.74) is 7.42. The van der Waals surface area contributed by atoms with Crippen molar-refractivity contribution in [3.8, 4) is 0 Å². The lowest BCUT2D eigenvalue weighted by molar-refractivity contribution is 0.323. The summed E-state index contributed by atoms with van der Waals surface area (Å²) in [6.45, 7) is 4.23. The highest BCUT2D eigenvalue weighted by Gasteiger charge is 2.15. The van der Waals surface area contributed by atoms with Crippen LogP contribution in [-0.2, 0) is 6.42 Å². The Morgan fingerprint density at radius 1 is 1.28 bits per heavy atom. The number of aryl methyl sites for hydroxylation is 2. The van der Waals surface area contributed by atoms with Crippen LogP contribution in [0.15, 0.2) is 0 Å². The Morgan fingerprint density at radius 3 is 2.61 bits per heavy atom. The van der Waals surface area contributed by atoms with Crippen molar-refractivity contribution in [2.24, 2.45) is 11.7 Å². The van der Waals surface area contributed by atoms with Gasteiger partial charge in [0, 0.05) is 17.3 Å². The van der Waals surface area contributed by atoms with E-state index in [1.165, 1.54) is 60.5 Å². The third-order valence-electron chi connectivity index (χ3n) is 4.18. The predicted octanol–water partition coefficient (Wildman–Crippen LogP) is 3.99. The van der Waals surface area contributed by atoms with Gasteiger partial charge in [0.25, 0.3) is 0 Å². The second kappa shape index (κ2) is 6.67. The van der Waals surface area contributed by atoms with Gasteiger partial charge in [0.15, 0.2) is 0 Å². The van der Waals surface area contributed by atoms with Crippen molar-refractivity contribution in [3.63, 3.8) is 0 Å². The predicted molar refractivity (Wildman–Crippen MR) is 79.1 cm³/mol. The van der Waals surface area contributed by atoms with E-state index in [4.69, 9.17) is 5.73 Å². The number of hydrogen-bond donors (Lipinski definition) is 1. The molecule has 0 bridgehead atoms. The molecule has 0 radical (unpaired) electrons. The van der Waals surface area contributed by atoms with Gasteiger partial charge in [0.05, 0.1) is 10.7 Å². The van der Waals surface area contributed by atoms with Crippen LogP contribution in [-0.4, -0.2) is 11.0 Å². The molecule has 102 valence electrons. The maximum absolute atomic E-state index is 6.25. The van der Waals surface area contributed by atoms with Crippen molar-refractivity contribution in [2.75, 3.05) is 0 Å². The summed E-state index contributed by atoms with van der Waals surface area (Å²) >= 11 is 1.81. The molecule has 1 atom stereocenters. The fraction of sp³-hybridized carbons (Fsp3) is 0.800. The fourth-order valence-corrected chi connectivity index (χ4v) is 3.91. The molecule has 1 unspecified atom stereocenters. The van der Waals surface area contributed by atoms with Crippen LogP contribution in [0.2, 0.25) is 0 Å². The molecule has 1 aromatic heterocycles. The number of nitrogens with two attached hydrogens (primary N) is 1. The number of rotatable bonds is 5. The van der Waals surface area contributed by atoms with Crippen molar-refractivity contribution in [1.29, 1.82) is 0 Å². The highest BCUT2D eigenvalue weighted by Crippen LogP contribution is 2.28. The lowest BCUT2D eigenvalue weighted by Crippen LogP contribution is -2.24. The van der Waals surface area contributed by atoms with Crippen LogP contribution in [0, 0.1) is 19.8 Å². The third-order valence-corrected chi connectivity index (χ3v) is 5.28. The monoisotopic (exact) mass is 266 g/mol. The molecule has 2 N–H and O–H groups in total. The zero-order valence-electron chi connectivity index (χ0n) is 11.7. The molecule has 2 nitrogen and oxygen atoms in total. The maximum atomic E-state index is 6.25. The Labute approximate surface area is 115 Å². The minimum Gasteiger partial charge on any atom is -0.327 e. The van der Waals surface area contributed by atoms with Gasteiger partial charge in [-0.25, -0.2) is 4.98 Å². The molecule has 1 heterocycles. The van der Waals surface area contributed by atoms with Crippen LogP contribution >= 0.6 is 11.3 Å². The molecule has 18 heavy (non-hydrogen) atoms. The lowest BCUT2D eigenvalue weighted by atomic mass is 9.85. The van der Waals surface area contributed by atoms with Crippen LogP contribution in [0.1, 0.15) is 60.5 Å². The van der Waals surface area contributed by atoms with Gasteiger partial charge in [-0.05, 0) is 32.6 Å². The highest BCUT2D eigenvalue weighted by molar-refractivity contribution is 7.11. The van der Waals surface area contributed by atoms with Crippen molar-refractivity contribution >= 4 is 11.3 Å². The molecule has 1 aliphatic carbocycles. The summed E-state index contributed by atoms with van der Waals surface area (Å²) in [5, 5.41) is 1.22. The fourth-order valence-electron chi connectivity index (χ4n) is 2.88. The third kappa shape index (κ3) is 4.06. The van der Waals surface area contributed by atoms with Crippen LogP contribution in [0.5, 0.6) is 0 Å². The Hall–Kier alpha value is -0.410. The minimum absolute atomic E-state index is 0.303. The summed E-state index contributed by atoms with van der Waals surface area (Å²) in [6.07, 6.45) is 10.6. The van der Waals surface area contributed by atoms with E-state index < -0.39 is 0 Å². The quantitative estimate of drug-likeness (QED) is 0.875. The van der Waals surface area contributed by atoms with Gasteiger partial charge in [0.1, 0.15) is 0 Å². The molecule has 0 aliphatic heterocycles. The molecular formula is C15H26N2S. The van der Waals surface area contributed by atoms with Crippen molar-refractivity contribution in [2.45, 2.75) is 71.3 Å². The van der Waals surface area contributed by atoms with Crippen molar-refractivity contribution < 1.29 is 0 Å². The number of thiazole rings is 1. The average Bonchev–Trinajstić information content (AvgIpc) is 2.67. The summed E-state index contributed by atoms with van der Waals surface area (Å²) in [4.78, 5) is 5.92.